The monoisotopic (exact) mass is 381 g/mol. The highest BCUT2D eigenvalue weighted by atomic mass is 32.1. The Morgan fingerprint density at radius 2 is 2.15 bits per heavy atom. The molecule has 4 rings (SSSR count). The van der Waals surface area contributed by atoms with Crippen molar-refractivity contribution in [3.05, 3.63) is 53.7 Å². The van der Waals surface area contributed by atoms with E-state index in [-0.39, 0.29) is 11.9 Å². The predicted molar refractivity (Wildman–Crippen MR) is 103 cm³/mol. The Morgan fingerprint density at radius 3 is 2.93 bits per heavy atom. The molecule has 1 aliphatic heterocycles. The Hall–Kier alpha value is -3.07. The van der Waals surface area contributed by atoms with Crippen LogP contribution >= 0.6 is 11.3 Å². The fourth-order valence-electron chi connectivity index (χ4n) is 3.19. The third kappa shape index (κ3) is 3.72. The molecule has 0 radical (unpaired) electrons. The highest BCUT2D eigenvalue weighted by Crippen LogP contribution is 2.35. The first kappa shape index (κ1) is 17.3. The SMILES string of the molecule is Cn1nccc1/C=C/C(=O)N1CCCC1c1nccnc1Nc1nccs1. The predicted octanol–water partition coefficient (Wildman–Crippen LogP) is 2.79. The van der Waals surface area contributed by atoms with Gasteiger partial charge in [-0.1, -0.05) is 0 Å². The molecule has 0 saturated carbocycles. The van der Waals surface area contributed by atoms with E-state index in [0.717, 1.165) is 29.4 Å². The number of carbonyl (C=O) groups excluding carboxylic acids is 1. The number of likely N-dealkylation sites (tertiary alicyclic amines) is 1. The van der Waals surface area contributed by atoms with E-state index in [0.29, 0.717) is 12.4 Å². The topological polar surface area (TPSA) is 88.8 Å². The van der Waals surface area contributed by atoms with Crippen LogP contribution in [0, 0.1) is 0 Å². The minimum Gasteiger partial charge on any atom is -0.330 e. The third-order valence-corrected chi connectivity index (χ3v) is 5.18. The Morgan fingerprint density at radius 1 is 1.26 bits per heavy atom. The molecule has 27 heavy (non-hydrogen) atoms. The van der Waals surface area contributed by atoms with Gasteiger partial charge in [-0.05, 0) is 25.0 Å². The number of rotatable bonds is 5. The molecule has 1 aliphatic rings. The van der Waals surface area contributed by atoms with Gasteiger partial charge in [-0.25, -0.2) is 9.97 Å². The van der Waals surface area contributed by atoms with E-state index < -0.39 is 0 Å². The zero-order valence-electron chi connectivity index (χ0n) is 14.8. The number of anilines is 2. The molecule has 1 unspecified atom stereocenters. The van der Waals surface area contributed by atoms with Gasteiger partial charge in [-0.15, -0.1) is 11.3 Å². The number of hydrogen-bond acceptors (Lipinski definition) is 7. The molecule has 3 aromatic rings. The van der Waals surface area contributed by atoms with Crippen molar-refractivity contribution in [3.8, 4) is 0 Å². The summed E-state index contributed by atoms with van der Waals surface area (Å²) in [7, 11) is 1.85. The van der Waals surface area contributed by atoms with Crippen LogP contribution < -0.4 is 5.32 Å². The molecule has 4 heterocycles. The first-order valence-electron chi connectivity index (χ1n) is 8.66. The molecular weight excluding hydrogens is 362 g/mol. The quantitative estimate of drug-likeness (QED) is 0.684. The largest absolute Gasteiger partial charge is 0.330 e. The summed E-state index contributed by atoms with van der Waals surface area (Å²) >= 11 is 1.49. The number of thiazole rings is 1. The van der Waals surface area contributed by atoms with Crippen molar-refractivity contribution >= 4 is 34.3 Å². The van der Waals surface area contributed by atoms with Crippen LogP contribution in [-0.2, 0) is 11.8 Å². The number of amides is 1. The average molecular weight is 381 g/mol. The van der Waals surface area contributed by atoms with E-state index in [1.54, 1.807) is 41.6 Å². The Labute approximate surface area is 160 Å². The van der Waals surface area contributed by atoms with Crippen LogP contribution in [0.25, 0.3) is 6.08 Å². The molecule has 3 aromatic heterocycles. The summed E-state index contributed by atoms with van der Waals surface area (Å²) in [6, 6.07) is 1.76. The van der Waals surface area contributed by atoms with Gasteiger partial charge in [-0.3, -0.25) is 14.5 Å². The molecule has 1 atom stereocenters. The fourth-order valence-corrected chi connectivity index (χ4v) is 3.72. The summed E-state index contributed by atoms with van der Waals surface area (Å²) in [5.74, 6) is 0.609. The molecule has 1 saturated heterocycles. The minimum atomic E-state index is -0.107. The summed E-state index contributed by atoms with van der Waals surface area (Å²) in [6.07, 6.45) is 11.9. The van der Waals surface area contributed by atoms with E-state index in [9.17, 15) is 4.79 Å². The molecular formula is C18H19N7OS. The van der Waals surface area contributed by atoms with E-state index in [4.69, 9.17) is 0 Å². The summed E-state index contributed by atoms with van der Waals surface area (Å²) in [5.41, 5.74) is 1.65. The van der Waals surface area contributed by atoms with Gasteiger partial charge in [0.05, 0.1) is 11.7 Å². The number of aromatic nitrogens is 5. The van der Waals surface area contributed by atoms with E-state index in [2.05, 4.69) is 25.4 Å². The zero-order chi connectivity index (χ0) is 18.6. The lowest BCUT2D eigenvalue weighted by Gasteiger charge is -2.24. The van der Waals surface area contributed by atoms with Crippen LogP contribution in [0.1, 0.15) is 30.3 Å². The lowest BCUT2D eigenvalue weighted by molar-refractivity contribution is -0.126. The van der Waals surface area contributed by atoms with Crippen LogP contribution in [0.5, 0.6) is 0 Å². The molecule has 9 heteroatoms. The number of hydrogen-bond donors (Lipinski definition) is 1. The summed E-state index contributed by atoms with van der Waals surface area (Å²) in [6.45, 7) is 0.701. The minimum absolute atomic E-state index is 0.0375. The lowest BCUT2D eigenvalue weighted by atomic mass is 10.1. The normalized spacial score (nSPS) is 16.9. The zero-order valence-corrected chi connectivity index (χ0v) is 15.6. The van der Waals surface area contributed by atoms with Gasteiger partial charge in [-0.2, -0.15) is 5.10 Å². The number of carbonyl (C=O) groups is 1. The average Bonchev–Trinajstić information content (AvgIpc) is 3.42. The van der Waals surface area contributed by atoms with E-state index >= 15 is 0 Å². The lowest BCUT2D eigenvalue weighted by Crippen LogP contribution is -2.30. The van der Waals surface area contributed by atoms with Crippen LogP contribution in [0.15, 0.2) is 42.3 Å². The van der Waals surface area contributed by atoms with Gasteiger partial charge in [0.1, 0.15) is 5.69 Å². The van der Waals surface area contributed by atoms with Crippen molar-refractivity contribution in [2.75, 3.05) is 11.9 Å². The second-order valence-corrected chi connectivity index (χ2v) is 7.05. The van der Waals surface area contributed by atoms with Gasteiger partial charge in [0.15, 0.2) is 10.9 Å². The highest BCUT2D eigenvalue weighted by molar-refractivity contribution is 7.13. The Bertz CT molecular complexity index is 950. The molecule has 1 amide bonds. The fraction of sp³-hybridized carbons (Fsp3) is 0.278. The molecule has 8 nitrogen and oxygen atoms in total. The van der Waals surface area contributed by atoms with Crippen LogP contribution in [0.2, 0.25) is 0 Å². The summed E-state index contributed by atoms with van der Waals surface area (Å²) in [5, 5.41) is 9.98. The molecule has 138 valence electrons. The first-order chi connectivity index (χ1) is 13.2. The van der Waals surface area contributed by atoms with Crippen molar-refractivity contribution in [2.45, 2.75) is 18.9 Å². The van der Waals surface area contributed by atoms with Crippen molar-refractivity contribution in [3.63, 3.8) is 0 Å². The first-order valence-corrected chi connectivity index (χ1v) is 9.54. The van der Waals surface area contributed by atoms with E-state index in [1.807, 2.05) is 23.4 Å². The van der Waals surface area contributed by atoms with Crippen molar-refractivity contribution < 1.29 is 4.79 Å². The van der Waals surface area contributed by atoms with E-state index in [1.165, 1.54) is 11.3 Å². The number of aryl methyl sites for hydroxylation is 1. The molecule has 0 aromatic carbocycles. The smallest absolute Gasteiger partial charge is 0.247 e. The molecule has 1 N–H and O–H groups in total. The second-order valence-electron chi connectivity index (χ2n) is 6.16. The molecule has 0 bridgehead atoms. The maximum absolute atomic E-state index is 12.8. The van der Waals surface area contributed by atoms with Gasteiger partial charge in [0, 0.05) is 49.8 Å². The van der Waals surface area contributed by atoms with Crippen molar-refractivity contribution in [2.24, 2.45) is 7.05 Å². The maximum Gasteiger partial charge on any atom is 0.247 e. The van der Waals surface area contributed by atoms with Crippen LogP contribution in [0.4, 0.5) is 10.9 Å². The number of nitrogens with one attached hydrogen (secondary N) is 1. The molecule has 0 spiro atoms. The summed E-state index contributed by atoms with van der Waals surface area (Å²) in [4.78, 5) is 27.8. The Balaban J connectivity index is 1.56. The second kappa shape index (κ2) is 7.67. The third-order valence-electron chi connectivity index (χ3n) is 4.49. The van der Waals surface area contributed by atoms with Gasteiger partial charge in [0.2, 0.25) is 5.91 Å². The van der Waals surface area contributed by atoms with Crippen molar-refractivity contribution in [1.82, 2.24) is 29.6 Å². The Kier molecular flexibility index (Phi) is 4.93. The molecule has 1 fully saturated rings. The van der Waals surface area contributed by atoms with Crippen molar-refractivity contribution in [1.29, 1.82) is 0 Å². The maximum atomic E-state index is 12.8. The van der Waals surface area contributed by atoms with Crippen LogP contribution in [0.3, 0.4) is 0 Å². The van der Waals surface area contributed by atoms with Gasteiger partial charge >= 0.3 is 0 Å². The standard InChI is InChI=1S/C18H19N7OS/c1-24-13(6-7-22-24)4-5-15(26)25-11-2-3-14(25)16-17(20-9-8-19-16)23-18-21-10-12-27-18/h4-10,12,14H,2-3,11H2,1H3,(H,20,21,23)/b5-4+. The summed E-state index contributed by atoms with van der Waals surface area (Å²) < 4.78 is 1.73. The van der Waals surface area contributed by atoms with Crippen LogP contribution in [-0.4, -0.2) is 42.1 Å². The number of nitrogens with zero attached hydrogens (tertiary/aromatic N) is 6. The van der Waals surface area contributed by atoms with Gasteiger partial charge in [0.25, 0.3) is 0 Å². The molecule has 0 aliphatic carbocycles. The highest BCUT2D eigenvalue weighted by Gasteiger charge is 2.32. The van der Waals surface area contributed by atoms with Gasteiger partial charge < -0.3 is 10.2 Å².